The van der Waals surface area contributed by atoms with Gasteiger partial charge in [-0.15, -0.1) is 0 Å². The topological polar surface area (TPSA) is 30.2 Å². The van der Waals surface area contributed by atoms with E-state index in [-0.39, 0.29) is 0 Å². The summed E-state index contributed by atoms with van der Waals surface area (Å²) in [5.74, 6) is 0.261. The van der Waals surface area contributed by atoms with Gasteiger partial charge in [-0.25, -0.2) is 4.39 Å². The summed E-state index contributed by atoms with van der Waals surface area (Å²) in [5.41, 5.74) is 2.51. The number of carbonyl (C=O) groups excluding carboxylic acids is 1. The van der Waals surface area contributed by atoms with Crippen LogP contribution in [0.5, 0.6) is 5.75 Å². The van der Waals surface area contributed by atoms with Crippen molar-refractivity contribution in [2.24, 2.45) is 0 Å². The van der Waals surface area contributed by atoms with Crippen molar-refractivity contribution in [2.45, 2.75) is 0 Å². The van der Waals surface area contributed by atoms with E-state index in [1.807, 2.05) is 71.3 Å². The van der Waals surface area contributed by atoms with Gasteiger partial charge in [0.2, 0.25) is 5.52 Å². The molecule has 3 nitrogen and oxygen atoms in total. The number of para-hydroxylation sites is 1. The lowest BCUT2D eigenvalue weighted by molar-refractivity contribution is -0.515. The molecule has 0 N–H and O–H groups in total. The van der Waals surface area contributed by atoms with Crippen LogP contribution in [0.25, 0.3) is 10.9 Å². The predicted octanol–water partition coefficient (Wildman–Crippen LogP) is 2.58. The van der Waals surface area contributed by atoms with Crippen LogP contribution in [0.3, 0.4) is 0 Å². The molecule has 0 saturated carbocycles. The van der Waals surface area contributed by atoms with Crippen molar-refractivity contribution >= 4 is 34.6 Å². The smallest absolute Gasteiger partial charge is 0.516 e. The van der Waals surface area contributed by atoms with Gasteiger partial charge < -0.3 is 9.13 Å². The van der Waals surface area contributed by atoms with Crippen LogP contribution in [-0.2, 0) is 0 Å². The lowest BCUT2D eigenvalue weighted by Gasteiger charge is -2.31. The normalized spacial score (nSPS) is 17.7. The molecule has 4 aromatic rings. The number of aromatic nitrogens is 1. The van der Waals surface area contributed by atoms with Gasteiger partial charge in [0.15, 0.2) is 0 Å². The molecule has 2 heterocycles. The van der Waals surface area contributed by atoms with Crippen LogP contribution in [0.2, 0.25) is 0 Å². The number of benzene rings is 3. The molecule has 1 atom stereocenters. The van der Waals surface area contributed by atoms with Crippen LogP contribution >= 0.6 is 0 Å². The van der Waals surface area contributed by atoms with Gasteiger partial charge in [-0.3, -0.25) is 4.79 Å². The van der Waals surface area contributed by atoms with E-state index in [1.165, 1.54) is 6.07 Å². The van der Waals surface area contributed by atoms with Crippen molar-refractivity contribution in [1.82, 2.24) is 0 Å². The SMILES string of the molecule is O=Cc1ccc([B-]2(c3ccccc3)Oc3cccc4ccc[n+]2c34)c(F)c1. The van der Waals surface area contributed by atoms with Crippen LogP contribution in [0.15, 0.2) is 85.1 Å². The molecule has 5 rings (SSSR count). The Morgan fingerprint density at radius 2 is 1.74 bits per heavy atom. The average molecular weight is 355 g/mol. The van der Waals surface area contributed by atoms with Crippen LogP contribution in [0.1, 0.15) is 10.4 Å². The molecule has 0 fully saturated rings. The lowest BCUT2D eigenvalue weighted by atomic mass is 9.41. The van der Waals surface area contributed by atoms with Gasteiger partial charge in [0.25, 0.3) is 0 Å². The number of halogens is 1. The van der Waals surface area contributed by atoms with E-state index in [1.54, 1.807) is 12.1 Å². The number of aldehydes is 1. The van der Waals surface area contributed by atoms with Crippen molar-refractivity contribution < 1.29 is 18.3 Å². The minimum atomic E-state index is -2.07. The molecular formula is C22H15BFNO2. The van der Waals surface area contributed by atoms with Crippen molar-refractivity contribution in [2.75, 3.05) is 0 Å². The highest BCUT2D eigenvalue weighted by atomic mass is 19.1. The van der Waals surface area contributed by atoms with Gasteiger partial charge in [-0.1, -0.05) is 54.0 Å². The number of rotatable bonds is 3. The first-order valence-electron chi connectivity index (χ1n) is 8.82. The van der Waals surface area contributed by atoms with E-state index in [0.29, 0.717) is 17.3 Å². The Balaban J connectivity index is 1.89. The first-order chi connectivity index (χ1) is 13.2. The molecule has 0 bridgehead atoms. The Hall–Kier alpha value is -3.47. The third-order valence-corrected chi connectivity index (χ3v) is 5.33. The molecule has 1 unspecified atom stereocenters. The summed E-state index contributed by atoms with van der Waals surface area (Å²) in [5, 5.41) is 1.03. The molecule has 3 aromatic carbocycles. The first-order valence-corrected chi connectivity index (χ1v) is 8.82. The van der Waals surface area contributed by atoms with Crippen LogP contribution in [0.4, 0.5) is 4.39 Å². The quantitative estimate of drug-likeness (QED) is 0.418. The molecule has 1 aromatic heterocycles. The predicted molar refractivity (Wildman–Crippen MR) is 103 cm³/mol. The Bertz CT molecular complexity index is 1190. The molecule has 1 aliphatic heterocycles. The summed E-state index contributed by atoms with van der Waals surface area (Å²) < 4.78 is 23.8. The largest absolute Gasteiger partial charge is 0.647 e. The Morgan fingerprint density at radius 3 is 2.52 bits per heavy atom. The van der Waals surface area contributed by atoms with Crippen molar-refractivity contribution in [3.63, 3.8) is 0 Å². The van der Waals surface area contributed by atoms with E-state index in [9.17, 15) is 4.79 Å². The fourth-order valence-electron chi connectivity index (χ4n) is 4.17. The second-order valence-corrected chi connectivity index (χ2v) is 6.78. The molecule has 0 aliphatic carbocycles. The molecule has 0 radical (unpaired) electrons. The monoisotopic (exact) mass is 355 g/mol. The molecule has 0 amide bonds. The first kappa shape index (κ1) is 15.8. The minimum absolute atomic E-state index is 0.300. The minimum Gasteiger partial charge on any atom is -0.647 e. The zero-order valence-corrected chi connectivity index (χ0v) is 14.4. The van der Waals surface area contributed by atoms with Crippen LogP contribution in [-0.4, -0.2) is 12.8 Å². The fourth-order valence-corrected chi connectivity index (χ4v) is 4.17. The maximum atomic E-state index is 15.2. The van der Waals surface area contributed by atoms with E-state index in [0.717, 1.165) is 22.1 Å². The second-order valence-electron chi connectivity index (χ2n) is 6.78. The third-order valence-electron chi connectivity index (χ3n) is 5.33. The standard InChI is InChI=1S/C22H15BFNO2/c24-20-14-16(15-26)11-12-19(20)23(18-8-2-1-3-9-18)25-13-5-7-17-6-4-10-21(27-23)22(17)25/h1-15H. The van der Waals surface area contributed by atoms with Gasteiger partial charge >= 0.3 is 6.48 Å². The highest BCUT2D eigenvalue weighted by Crippen LogP contribution is 2.30. The highest BCUT2D eigenvalue weighted by Gasteiger charge is 2.51. The number of hydrogen-bond donors (Lipinski definition) is 0. The summed E-state index contributed by atoms with van der Waals surface area (Å²) in [6, 6.07) is 24.0. The van der Waals surface area contributed by atoms with E-state index in [2.05, 4.69) is 0 Å². The fraction of sp³-hybridized carbons (Fsp3) is 0. The van der Waals surface area contributed by atoms with Gasteiger partial charge in [0, 0.05) is 10.9 Å². The number of hydrogen-bond acceptors (Lipinski definition) is 2. The van der Waals surface area contributed by atoms with Crippen molar-refractivity contribution in [3.05, 3.63) is 96.4 Å². The molecular weight excluding hydrogens is 340 g/mol. The third kappa shape index (κ3) is 2.15. The van der Waals surface area contributed by atoms with Crippen molar-refractivity contribution in [3.8, 4) is 5.75 Å². The highest BCUT2D eigenvalue weighted by molar-refractivity contribution is 6.92. The van der Waals surface area contributed by atoms with Gasteiger partial charge in [0.1, 0.15) is 18.2 Å². The maximum absolute atomic E-state index is 15.2. The number of nitrogens with zero attached hydrogens (tertiary/aromatic N) is 1. The molecule has 130 valence electrons. The van der Waals surface area contributed by atoms with Crippen LogP contribution in [0, 0.1) is 5.82 Å². The Kier molecular flexibility index (Phi) is 3.37. The van der Waals surface area contributed by atoms with Gasteiger partial charge in [-0.2, -0.15) is 0 Å². The number of pyridine rings is 1. The summed E-state index contributed by atoms with van der Waals surface area (Å²) in [4.78, 5) is 11.1. The summed E-state index contributed by atoms with van der Waals surface area (Å²) in [6.45, 7) is -2.07. The summed E-state index contributed by atoms with van der Waals surface area (Å²) >= 11 is 0. The van der Waals surface area contributed by atoms with E-state index in [4.69, 9.17) is 4.65 Å². The summed E-state index contributed by atoms with van der Waals surface area (Å²) in [7, 11) is 0. The van der Waals surface area contributed by atoms with Gasteiger partial charge in [0.05, 0.1) is 5.82 Å². The molecule has 1 aliphatic rings. The van der Waals surface area contributed by atoms with Crippen molar-refractivity contribution in [1.29, 1.82) is 0 Å². The Labute approximate surface area is 155 Å². The molecule has 5 heteroatoms. The molecule has 0 spiro atoms. The maximum Gasteiger partial charge on any atom is 0.516 e. The average Bonchev–Trinajstić information content (AvgIpc) is 3.06. The van der Waals surface area contributed by atoms with E-state index >= 15 is 4.39 Å². The summed E-state index contributed by atoms with van der Waals surface area (Å²) in [6.07, 6.45) is 2.58. The zero-order valence-electron chi connectivity index (χ0n) is 14.4. The molecule has 27 heavy (non-hydrogen) atoms. The number of carbonyl (C=O) groups is 1. The molecule has 0 saturated heterocycles. The van der Waals surface area contributed by atoms with Crippen LogP contribution < -0.4 is 20.1 Å². The van der Waals surface area contributed by atoms with Gasteiger partial charge in [-0.05, 0) is 35.8 Å². The Morgan fingerprint density at radius 1 is 0.926 bits per heavy atom. The zero-order chi connectivity index (χ0) is 18.4. The second kappa shape index (κ2) is 5.78. The van der Waals surface area contributed by atoms with E-state index < -0.39 is 12.3 Å². The lowest BCUT2D eigenvalue weighted by Crippen LogP contribution is -2.80.